The van der Waals surface area contributed by atoms with Gasteiger partial charge in [0, 0.05) is 45.4 Å². The predicted octanol–water partition coefficient (Wildman–Crippen LogP) is 25.9. The number of carbonyl (C=O) groups is 2. The molecule has 0 N–H and O–H groups in total. The average Bonchev–Trinajstić information content (AvgIpc) is 1.57. The largest absolute Gasteiger partial charge is 0.304 e. The third kappa shape index (κ3) is 22.6. The molecule has 0 radical (unpaired) electrons. The highest BCUT2D eigenvalue weighted by molar-refractivity contribution is 8.09. The van der Waals surface area contributed by atoms with Crippen molar-refractivity contribution in [1.29, 1.82) is 0 Å². The van der Waals surface area contributed by atoms with E-state index in [2.05, 4.69) is 116 Å². The van der Waals surface area contributed by atoms with Crippen molar-refractivity contribution in [3.05, 3.63) is 123 Å². The minimum Gasteiger partial charge on any atom is -0.304 e. The van der Waals surface area contributed by atoms with Gasteiger partial charge in [-0.2, -0.15) is 0 Å². The first-order chi connectivity index (χ1) is 44.4. The Morgan fingerprint density at radius 3 is 1.17 bits per heavy atom. The first-order valence-electron chi connectivity index (χ1n) is 37.0. The van der Waals surface area contributed by atoms with E-state index in [1.807, 2.05) is 24.2 Å². The number of amides is 2. The van der Waals surface area contributed by atoms with Crippen LogP contribution in [-0.4, -0.2) is 44.7 Å². The maximum absolute atomic E-state index is 16.3. The van der Waals surface area contributed by atoms with Gasteiger partial charge in [-0.15, -0.1) is 45.8 Å². The molecule has 3 unspecified atom stereocenters. The van der Waals surface area contributed by atoms with Crippen molar-refractivity contribution in [1.82, 2.24) is 19.8 Å². The summed E-state index contributed by atoms with van der Waals surface area (Å²) in [6.07, 6.45) is 58.5. The molecule has 5 aromatic rings. The Morgan fingerprint density at radius 2 is 0.756 bits per heavy atom. The van der Waals surface area contributed by atoms with Crippen LogP contribution in [0.15, 0.2) is 102 Å². The maximum atomic E-state index is 16.3. The fourth-order valence-corrected chi connectivity index (χ4v) is 18.4. The molecule has 3 atom stereocenters. The number of fused-ring (bicyclic) bond motifs is 1. The van der Waals surface area contributed by atoms with Crippen molar-refractivity contribution in [2.75, 3.05) is 13.1 Å². The van der Waals surface area contributed by atoms with E-state index in [0.29, 0.717) is 41.3 Å². The highest BCUT2D eigenvalue weighted by atomic mass is 32.2. The van der Waals surface area contributed by atoms with Crippen molar-refractivity contribution in [2.24, 2.45) is 11.8 Å². The molecule has 492 valence electrons. The monoisotopic (exact) mass is 1290 g/mol. The van der Waals surface area contributed by atoms with Crippen LogP contribution >= 0.6 is 45.8 Å². The van der Waals surface area contributed by atoms with Crippen LogP contribution in [0.3, 0.4) is 0 Å². The number of hydrogen-bond acceptors (Lipinski definition) is 8. The van der Waals surface area contributed by atoms with Gasteiger partial charge in [0.2, 0.25) is 0 Å². The molecule has 2 aromatic carbocycles. The van der Waals surface area contributed by atoms with Crippen LogP contribution in [0.25, 0.3) is 36.5 Å². The second-order valence-electron chi connectivity index (χ2n) is 26.9. The molecular weight excluding hydrogens is 1180 g/mol. The summed E-state index contributed by atoms with van der Waals surface area (Å²) in [5.41, 5.74) is 5.18. The summed E-state index contributed by atoms with van der Waals surface area (Å²) in [5, 5.41) is 1.92. The van der Waals surface area contributed by atoms with Crippen molar-refractivity contribution >= 4 is 73.9 Å². The van der Waals surface area contributed by atoms with Gasteiger partial charge in [0.1, 0.15) is 10.0 Å². The number of benzene rings is 2. The molecule has 3 aliphatic heterocycles. The zero-order valence-corrected chi connectivity index (χ0v) is 59.8. The lowest BCUT2D eigenvalue weighted by atomic mass is 9.93. The SMILES string of the molecule is CCCCCCCCCCCCC(CCCCCCCCCC)CN1C(=O)C2=C(c3ncc(-c4ccc(-c5ccccc5)s4)s3)N(CC(CCCCCCCCCC)CCCCCCCCCCCC)C(=O)C2=C1c1ncc(C2=CCC(c3ccccc3)S2)s1. The molecule has 0 saturated carbocycles. The summed E-state index contributed by atoms with van der Waals surface area (Å²) in [7, 11) is 0. The van der Waals surface area contributed by atoms with Gasteiger partial charge in [-0.05, 0) is 67.2 Å². The number of hydrogen-bond donors (Lipinski definition) is 0. The van der Waals surface area contributed by atoms with Crippen LogP contribution in [-0.2, 0) is 9.59 Å². The Kier molecular flexibility index (Phi) is 33.1. The third-order valence-electron chi connectivity index (χ3n) is 19.5. The van der Waals surface area contributed by atoms with E-state index < -0.39 is 0 Å². The average molecular weight is 1290 g/mol. The van der Waals surface area contributed by atoms with E-state index >= 15 is 9.59 Å². The summed E-state index contributed by atoms with van der Waals surface area (Å²) in [6.45, 7) is 10.4. The number of thiophene rings is 1. The van der Waals surface area contributed by atoms with E-state index in [4.69, 9.17) is 9.97 Å². The van der Waals surface area contributed by atoms with Gasteiger partial charge in [-0.3, -0.25) is 9.59 Å². The van der Waals surface area contributed by atoms with Crippen molar-refractivity contribution in [2.45, 2.75) is 296 Å². The van der Waals surface area contributed by atoms with Gasteiger partial charge in [-0.1, -0.05) is 326 Å². The lowest BCUT2D eigenvalue weighted by Gasteiger charge is -2.29. The normalized spacial score (nSPS) is 15.8. The predicted molar refractivity (Wildman–Crippen MR) is 394 cm³/mol. The number of carbonyl (C=O) groups excluding carboxylic acids is 2. The third-order valence-corrected chi connectivity index (χ3v) is 24.3. The number of thioether (sulfide) groups is 1. The lowest BCUT2D eigenvalue weighted by Crippen LogP contribution is -2.35. The van der Waals surface area contributed by atoms with Crippen molar-refractivity contribution in [3.63, 3.8) is 0 Å². The standard InChI is InChI=1S/C80H116N4O2S4/c1-5-9-13-17-21-25-27-31-35-41-49-63(47-39-33-29-23-19-15-11-7-3)61-83-75(77-81-59-71(89-77)69-57-55-67(87-69)65-51-43-37-44-52-65)73-74(79(83)85)76(78-82-60-72(90-78)70-58-56-68(88-70)66-53-45-38-46-54-66)84(80(73)86)62-64(48-40-34-30-24-20-16-12-8-4)50-42-36-32-28-26-22-18-14-10-6-2/h37-38,43-46,51-55,57-60,63-64,68H,5-36,39-42,47-50,56,61-62H2,1-4H3. The van der Waals surface area contributed by atoms with Gasteiger partial charge in [0.15, 0.2) is 0 Å². The fraction of sp³-hybridized carbons (Fsp3) is 0.625. The number of nitrogens with zero attached hydrogens (tertiary/aromatic N) is 4. The minimum absolute atomic E-state index is 0.0289. The zero-order valence-electron chi connectivity index (χ0n) is 56.5. The second kappa shape index (κ2) is 41.6. The molecule has 90 heavy (non-hydrogen) atoms. The topological polar surface area (TPSA) is 66.4 Å². The Balaban J connectivity index is 1.13. The van der Waals surface area contributed by atoms with Crippen LogP contribution in [0.1, 0.15) is 317 Å². The van der Waals surface area contributed by atoms with E-state index in [-0.39, 0.29) is 11.8 Å². The van der Waals surface area contributed by atoms with E-state index in [9.17, 15) is 0 Å². The van der Waals surface area contributed by atoms with Crippen LogP contribution in [0, 0.1) is 11.8 Å². The van der Waals surface area contributed by atoms with Gasteiger partial charge in [0.05, 0.1) is 32.3 Å². The summed E-state index contributed by atoms with van der Waals surface area (Å²) >= 11 is 7.04. The molecule has 10 heteroatoms. The van der Waals surface area contributed by atoms with Gasteiger partial charge >= 0.3 is 0 Å². The Morgan fingerprint density at radius 1 is 0.400 bits per heavy atom. The molecule has 8 rings (SSSR count). The van der Waals surface area contributed by atoms with E-state index in [0.717, 1.165) is 68.1 Å². The molecule has 0 aliphatic carbocycles. The molecule has 0 saturated heterocycles. The number of aromatic nitrogens is 2. The molecule has 0 spiro atoms. The quantitative estimate of drug-likeness (QED) is 0.0363. The molecule has 3 aliphatic rings. The highest BCUT2D eigenvalue weighted by Gasteiger charge is 2.51. The van der Waals surface area contributed by atoms with Crippen LogP contribution < -0.4 is 0 Å². The van der Waals surface area contributed by atoms with Gasteiger partial charge < -0.3 is 9.80 Å². The zero-order chi connectivity index (χ0) is 62.8. The molecule has 2 amide bonds. The first kappa shape index (κ1) is 71.8. The molecule has 0 bridgehead atoms. The van der Waals surface area contributed by atoms with Gasteiger partial charge in [-0.25, -0.2) is 9.97 Å². The summed E-state index contributed by atoms with van der Waals surface area (Å²) in [4.78, 5) is 53.2. The summed E-state index contributed by atoms with van der Waals surface area (Å²) in [6, 6.07) is 26.0. The number of allylic oxidation sites excluding steroid dienone is 1. The van der Waals surface area contributed by atoms with E-state index in [1.54, 1.807) is 34.0 Å². The highest BCUT2D eigenvalue weighted by Crippen LogP contribution is 2.53. The summed E-state index contributed by atoms with van der Waals surface area (Å²) in [5.74, 6) is 0.593. The second-order valence-corrected chi connectivity index (χ2v) is 31.3. The molecule has 6 nitrogen and oxygen atoms in total. The van der Waals surface area contributed by atoms with Crippen LogP contribution in [0.4, 0.5) is 0 Å². The number of unbranched alkanes of at least 4 members (excludes halogenated alkanes) is 32. The van der Waals surface area contributed by atoms with Crippen LogP contribution in [0.2, 0.25) is 0 Å². The first-order valence-corrected chi connectivity index (χ1v) is 40.4. The summed E-state index contributed by atoms with van der Waals surface area (Å²) < 4.78 is 0. The van der Waals surface area contributed by atoms with Crippen molar-refractivity contribution in [3.8, 4) is 20.2 Å². The lowest BCUT2D eigenvalue weighted by molar-refractivity contribution is -0.124. The number of rotatable bonds is 50. The Bertz CT molecular complexity index is 2910. The molecular formula is C80H116N4O2S4. The molecule has 0 fully saturated rings. The smallest absolute Gasteiger partial charge is 0.261 e. The molecule has 6 heterocycles. The van der Waals surface area contributed by atoms with Crippen molar-refractivity contribution < 1.29 is 9.59 Å². The maximum Gasteiger partial charge on any atom is 0.261 e. The van der Waals surface area contributed by atoms with Crippen LogP contribution in [0.5, 0.6) is 0 Å². The minimum atomic E-state index is -0.0289. The molecule has 3 aromatic heterocycles. The van der Waals surface area contributed by atoms with E-state index in [1.165, 1.54) is 252 Å². The Hall–Kier alpha value is -4.09. The van der Waals surface area contributed by atoms with Gasteiger partial charge in [0.25, 0.3) is 11.8 Å². The fourth-order valence-electron chi connectivity index (χ4n) is 14.1. The number of thiazole rings is 2. The Labute approximate surface area is 563 Å².